The fourth-order valence-corrected chi connectivity index (χ4v) is 2.27. The molecule has 1 atom stereocenters. The smallest absolute Gasteiger partial charge is 0.129 e. The van der Waals surface area contributed by atoms with Gasteiger partial charge in [0.15, 0.2) is 0 Å². The van der Waals surface area contributed by atoms with Crippen molar-refractivity contribution in [1.82, 2.24) is 14.9 Å². The van der Waals surface area contributed by atoms with Gasteiger partial charge in [0.05, 0.1) is 18.8 Å². The summed E-state index contributed by atoms with van der Waals surface area (Å²) in [5.41, 5.74) is 0.199. The number of aromatic nitrogens is 2. The molecule has 20 heavy (non-hydrogen) atoms. The van der Waals surface area contributed by atoms with Crippen molar-refractivity contribution in [3.63, 3.8) is 0 Å². The molecular weight excluding hydrogens is 256 g/mol. The van der Waals surface area contributed by atoms with Crippen LogP contribution in [0.1, 0.15) is 19.5 Å². The Morgan fingerprint density at radius 2 is 2.15 bits per heavy atom. The first-order valence-electron chi connectivity index (χ1n) is 7.16. The van der Waals surface area contributed by atoms with E-state index in [-0.39, 0.29) is 0 Å². The van der Waals surface area contributed by atoms with Gasteiger partial charge in [0.25, 0.3) is 0 Å². The average molecular weight is 280 g/mol. The Bertz CT molecular complexity index is 419. The molecule has 1 aromatic rings. The van der Waals surface area contributed by atoms with Crippen molar-refractivity contribution in [3.05, 3.63) is 18.1 Å². The van der Waals surface area contributed by atoms with Crippen LogP contribution in [0.5, 0.6) is 0 Å². The zero-order valence-electron chi connectivity index (χ0n) is 12.3. The minimum atomic E-state index is -0.797. The third kappa shape index (κ3) is 4.70. The van der Waals surface area contributed by atoms with Crippen LogP contribution in [0.3, 0.4) is 0 Å². The van der Waals surface area contributed by atoms with E-state index in [1.807, 2.05) is 13.0 Å². The lowest BCUT2D eigenvalue weighted by Crippen LogP contribution is -2.49. The predicted octanol–water partition coefficient (Wildman–Crippen LogP) is 0.534. The summed E-state index contributed by atoms with van der Waals surface area (Å²) in [5, 5.41) is 13.7. The van der Waals surface area contributed by atoms with E-state index in [0.29, 0.717) is 13.1 Å². The summed E-state index contributed by atoms with van der Waals surface area (Å²) in [6.07, 6.45) is 2.43. The highest BCUT2D eigenvalue weighted by Crippen LogP contribution is 2.11. The SMILES string of the molecule is CCc1cc(NCC(C)(O)CN2CCOCC2)ncn1. The first kappa shape index (κ1) is 15.2. The molecule has 1 aliphatic rings. The van der Waals surface area contributed by atoms with E-state index in [0.717, 1.165) is 44.2 Å². The molecule has 1 aliphatic heterocycles. The molecular formula is C14H24N4O2. The molecule has 0 saturated carbocycles. The standard InChI is InChI=1S/C14H24N4O2/c1-3-12-8-13(17-11-16-12)15-9-14(2,19)10-18-4-6-20-7-5-18/h8,11,19H,3-7,9-10H2,1-2H3,(H,15,16,17). The Morgan fingerprint density at radius 1 is 1.40 bits per heavy atom. The minimum Gasteiger partial charge on any atom is -0.387 e. The van der Waals surface area contributed by atoms with E-state index >= 15 is 0 Å². The van der Waals surface area contributed by atoms with E-state index in [9.17, 15) is 5.11 Å². The maximum Gasteiger partial charge on any atom is 0.129 e. The molecule has 0 aliphatic carbocycles. The topological polar surface area (TPSA) is 70.5 Å². The predicted molar refractivity (Wildman–Crippen MR) is 77.8 cm³/mol. The number of nitrogens with one attached hydrogen (secondary N) is 1. The summed E-state index contributed by atoms with van der Waals surface area (Å²) in [6.45, 7) is 8.25. The van der Waals surface area contributed by atoms with Gasteiger partial charge in [-0.1, -0.05) is 6.92 Å². The Labute approximate surface area is 120 Å². The number of β-amino-alcohol motifs (C(OH)–C–C–N with tert-alkyl or cyclic N) is 1. The normalized spacial score (nSPS) is 19.6. The molecule has 0 aromatic carbocycles. The molecule has 112 valence electrons. The summed E-state index contributed by atoms with van der Waals surface area (Å²) in [4.78, 5) is 10.6. The third-order valence-corrected chi connectivity index (χ3v) is 3.40. The number of aryl methyl sites for hydroxylation is 1. The van der Waals surface area contributed by atoms with Gasteiger partial charge in [-0.3, -0.25) is 4.90 Å². The number of nitrogens with zero attached hydrogens (tertiary/aromatic N) is 3. The quantitative estimate of drug-likeness (QED) is 0.792. The molecule has 0 amide bonds. The molecule has 2 heterocycles. The van der Waals surface area contributed by atoms with E-state index < -0.39 is 5.60 Å². The Kier molecular flexibility index (Phi) is 5.28. The van der Waals surface area contributed by atoms with Gasteiger partial charge in [-0.2, -0.15) is 0 Å². The van der Waals surface area contributed by atoms with E-state index in [1.165, 1.54) is 0 Å². The van der Waals surface area contributed by atoms with Crippen LogP contribution >= 0.6 is 0 Å². The summed E-state index contributed by atoms with van der Waals surface area (Å²) >= 11 is 0. The van der Waals surface area contributed by atoms with Gasteiger partial charge in [0.1, 0.15) is 12.1 Å². The summed E-state index contributed by atoms with van der Waals surface area (Å²) in [5.74, 6) is 0.763. The molecule has 1 saturated heterocycles. The van der Waals surface area contributed by atoms with Crippen molar-refractivity contribution >= 4 is 5.82 Å². The van der Waals surface area contributed by atoms with Crippen LogP contribution < -0.4 is 5.32 Å². The Hall–Kier alpha value is -1.24. The fourth-order valence-electron chi connectivity index (χ4n) is 2.27. The second-order valence-electron chi connectivity index (χ2n) is 5.49. The second kappa shape index (κ2) is 6.97. The third-order valence-electron chi connectivity index (χ3n) is 3.40. The molecule has 1 fully saturated rings. The largest absolute Gasteiger partial charge is 0.387 e. The van der Waals surface area contributed by atoms with Crippen molar-refractivity contribution in [3.8, 4) is 0 Å². The highest BCUT2D eigenvalue weighted by molar-refractivity contribution is 5.35. The summed E-state index contributed by atoms with van der Waals surface area (Å²) < 4.78 is 5.31. The van der Waals surface area contributed by atoms with Gasteiger partial charge < -0.3 is 15.2 Å². The number of anilines is 1. The van der Waals surface area contributed by atoms with Crippen molar-refractivity contribution in [2.75, 3.05) is 44.7 Å². The maximum atomic E-state index is 10.5. The van der Waals surface area contributed by atoms with Crippen LogP contribution in [-0.2, 0) is 11.2 Å². The minimum absolute atomic E-state index is 0.463. The fraction of sp³-hybridized carbons (Fsp3) is 0.714. The lowest BCUT2D eigenvalue weighted by atomic mass is 10.1. The monoisotopic (exact) mass is 280 g/mol. The molecule has 2 N–H and O–H groups in total. The van der Waals surface area contributed by atoms with Crippen molar-refractivity contribution < 1.29 is 9.84 Å². The summed E-state index contributed by atoms with van der Waals surface area (Å²) in [6, 6.07) is 1.92. The number of hydrogen-bond acceptors (Lipinski definition) is 6. The number of ether oxygens (including phenoxy) is 1. The molecule has 6 heteroatoms. The van der Waals surface area contributed by atoms with Gasteiger partial charge in [0, 0.05) is 37.9 Å². The zero-order chi connectivity index (χ0) is 14.4. The molecule has 1 aromatic heterocycles. The maximum absolute atomic E-state index is 10.5. The van der Waals surface area contributed by atoms with Gasteiger partial charge in [-0.15, -0.1) is 0 Å². The molecule has 0 bridgehead atoms. The highest BCUT2D eigenvalue weighted by atomic mass is 16.5. The van der Waals surface area contributed by atoms with E-state index in [4.69, 9.17) is 4.74 Å². The van der Waals surface area contributed by atoms with Crippen LogP contribution in [-0.4, -0.2) is 65.0 Å². The van der Waals surface area contributed by atoms with Crippen molar-refractivity contribution in [2.24, 2.45) is 0 Å². The number of hydrogen-bond donors (Lipinski definition) is 2. The molecule has 2 rings (SSSR count). The molecule has 0 radical (unpaired) electrons. The lowest BCUT2D eigenvalue weighted by Gasteiger charge is -2.34. The van der Waals surface area contributed by atoms with Crippen LogP contribution in [0.4, 0.5) is 5.82 Å². The molecule has 0 spiro atoms. The van der Waals surface area contributed by atoms with Gasteiger partial charge in [-0.25, -0.2) is 9.97 Å². The van der Waals surface area contributed by atoms with Gasteiger partial charge >= 0.3 is 0 Å². The second-order valence-corrected chi connectivity index (χ2v) is 5.49. The lowest BCUT2D eigenvalue weighted by molar-refractivity contribution is -0.0164. The van der Waals surface area contributed by atoms with Crippen LogP contribution in [0.25, 0.3) is 0 Å². The van der Waals surface area contributed by atoms with Gasteiger partial charge in [0.2, 0.25) is 0 Å². The van der Waals surface area contributed by atoms with Crippen LogP contribution in [0.15, 0.2) is 12.4 Å². The van der Waals surface area contributed by atoms with Crippen molar-refractivity contribution in [1.29, 1.82) is 0 Å². The molecule has 1 unspecified atom stereocenters. The number of morpholine rings is 1. The van der Waals surface area contributed by atoms with Gasteiger partial charge in [-0.05, 0) is 13.3 Å². The Balaban J connectivity index is 1.84. The van der Waals surface area contributed by atoms with Crippen molar-refractivity contribution in [2.45, 2.75) is 25.9 Å². The van der Waals surface area contributed by atoms with Crippen LogP contribution in [0, 0.1) is 0 Å². The first-order valence-corrected chi connectivity index (χ1v) is 7.16. The summed E-state index contributed by atoms with van der Waals surface area (Å²) in [7, 11) is 0. The first-order chi connectivity index (χ1) is 9.59. The van der Waals surface area contributed by atoms with E-state index in [2.05, 4.69) is 27.1 Å². The Morgan fingerprint density at radius 3 is 2.85 bits per heavy atom. The number of rotatable bonds is 6. The molecule has 6 nitrogen and oxygen atoms in total. The van der Waals surface area contributed by atoms with Crippen LogP contribution in [0.2, 0.25) is 0 Å². The average Bonchev–Trinajstić information content (AvgIpc) is 2.46. The zero-order valence-corrected chi connectivity index (χ0v) is 12.3. The number of aliphatic hydroxyl groups is 1. The van der Waals surface area contributed by atoms with E-state index in [1.54, 1.807) is 6.33 Å². The highest BCUT2D eigenvalue weighted by Gasteiger charge is 2.25.